The van der Waals surface area contributed by atoms with Crippen LogP contribution in [0, 0.1) is 18.6 Å². The Morgan fingerprint density at radius 1 is 1.33 bits per heavy atom. The predicted molar refractivity (Wildman–Crippen MR) is 67.8 cm³/mol. The number of anilines is 2. The van der Waals surface area contributed by atoms with E-state index in [9.17, 15) is 13.6 Å². The zero-order valence-electron chi connectivity index (χ0n) is 9.46. The molecule has 0 atom stereocenters. The summed E-state index contributed by atoms with van der Waals surface area (Å²) in [5.41, 5.74) is 6.36. The Hall–Kier alpha value is -1.95. The number of hydrogen-bond acceptors (Lipinski definition) is 3. The number of halogens is 2. The molecule has 2 aromatic rings. The molecule has 0 aliphatic heterocycles. The molecular weight excluding hydrogens is 258 g/mol. The summed E-state index contributed by atoms with van der Waals surface area (Å²) < 4.78 is 26.5. The fourth-order valence-electron chi connectivity index (χ4n) is 1.47. The van der Waals surface area contributed by atoms with Crippen molar-refractivity contribution in [2.24, 2.45) is 0 Å². The van der Waals surface area contributed by atoms with Crippen molar-refractivity contribution in [1.29, 1.82) is 0 Å². The van der Waals surface area contributed by atoms with E-state index in [0.29, 0.717) is 5.56 Å². The van der Waals surface area contributed by atoms with Crippen molar-refractivity contribution in [2.45, 2.75) is 6.92 Å². The van der Waals surface area contributed by atoms with Crippen LogP contribution in [-0.4, -0.2) is 5.91 Å². The molecule has 0 saturated heterocycles. The van der Waals surface area contributed by atoms with E-state index in [0.717, 1.165) is 11.6 Å². The second kappa shape index (κ2) is 4.73. The highest BCUT2D eigenvalue weighted by Crippen LogP contribution is 2.26. The molecule has 0 saturated carbocycles. The zero-order chi connectivity index (χ0) is 13.3. The van der Waals surface area contributed by atoms with Crippen molar-refractivity contribution in [3.05, 3.63) is 45.7 Å². The summed E-state index contributed by atoms with van der Waals surface area (Å²) in [6.07, 6.45) is 0. The summed E-state index contributed by atoms with van der Waals surface area (Å²) >= 11 is 1.36. The number of aryl methyl sites for hydroxylation is 1. The van der Waals surface area contributed by atoms with Crippen molar-refractivity contribution in [3.63, 3.8) is 0 Å². The number of benzene rings is 1. The Morgan fingerprint density at radius 3 is 2.67 bits per heavy atom. The van der Waals surface area contributed by atoms with E-state index >= 15 is 0 Å². The van der Waals surface area contributed by atoms with Gasteiger partial charge in [-0.05, 0) is 30.0 Å². The molecule has 0 radical (unpaired) electrons. The van der Waals surface area contributed by atoms with Gasteiger partial charge in [-0.3, -0.25) is 4.79 Å². The minimum Gasteiger partial charge on any atom is -0.397 e. The van der Waals surface area contributed by atoms with Gasteiger partial charge in [0.2, 0.25) is 0 Å². The van der Waals surface area contributed by atoms with Crippen molar-refractivity contribution >= 4 is 28.6 Å². The molecule has 1 aromatic carbocycles. The van der Waals surface area contributed by atoms with Crippen LogP contribution in [0.1, 0.15) is 15.9 Å². The Bertz CT molecular complexity index is 610. The number of nitrogen functional groups attached to an aromatic ring is 1. The maximum atomic E-state index is 13.5. The minimum absolute atomic E-state index is 0.0184. The number of rotatable bonds is 2. The van der Waals surface area contributed by atoms with Crippen LogP contribution in [0.4, 0.5) is 20.2 Å². The first-order valence-corrected chi connectivity index (χ1v) is 6.02. The monoisotopic (exact) mass is 268 g/mol. The van der Waals surface area contributed by atoms with E-state index in [1.165, 1.54) is 17.4 Å². The lowest BCUT2D eigenvalue weighted by atomic mass is 10.2. The van der Waals surface area contributed by atoms with Gasteiger partial charge in [-0.15, -0.1) is 0 Å². The molecule has 3 nitrogen and oxygen atoms in total. The van der Waals surface area contributed by atoms with Gasteiger partial charge >= 0.3 is 0 Å². The fourth-order valence-corrected chi connectivity index (χ4v) is 2.29. The molecule has 0 bridgehead atoms. The second-order valence-corrected chi connectivity index (χ2v) is 4.49. The Labute approximate surface area is 106 Å². The lowest BCUT2D eigenvalue weighted by Crippen LogP contribution is -2.15. The maximum absolute atomic E-state index is 13.5. The molecule has 18 heavy (non-hydrogen) atoms. The summed E-state index contributed by atoms with van der Waals surface area (Å²) in [4.78, 5) is 11.9. The molecular formula is C12H10F2N2OS. The van der Waals surface area contributed by atoms with Gasteiger partial charge in [0, 0.05) is 5.38 Å². The molecule has 0 unspecified atom stereocenters. The molecule has 94 valence electrons. The van der Waals surface area contributed by atoms with Crippen LogP contribution in [-0.2, 0) is 0 Å². The van der Waals surface area contributed by atoms with Gasteiger partial charge in [-0.2, -0.15) is 11.3 Å². The van der Waals surface area contributed by atoms with Crippen molar-refractivity contribution in [3.8, 4) is 0 Å². The van der Waals surface area contributed by atoms with Crippen molar-refractivity contribution in [1.82, 2.24) is 0 Å². The molecule has 0 fully saturated rings. The first-order chi connectivity index (χ1) is 8.50. The first kappa shape index (κ1) is 12.5. The van der Waals surface area contributed by atoms with E-state index in [-0.39, 0.29) is 11.4 Å². The standard InChI is InChI=1S/C12H10F2N2OS/c1-6-4-18-5-7(6)12(17)16-11-9(15)3-2-8(13)10(11)14/h2-5H,15H2,1H3,(H,16,17). The average molecular weight is 268 g/mol. The Morgan fingerprint density at radius 2 is 2.06 bits per heavy atom. The summed E-state index contributed by atoms with van der Waals surface area (Å²) in [6, 6.07) is 2.12. The quantitative estimate of drug-likeness (QED) is 0.822. The number of thiophene rings is 1. The first-order valence-electron chi connectivity index (χ1n) is 5.08. The highest BCUT2D eigenvalue weighted by Gasteiger charge is 2.16. The topological polar surface area (TPSA) is 55.1 Å². The third-order valence-corrected chi connectivity index (χ3v) is 3.33. The molecule has 0 spiro atoms. The lowest BCUT2D eigenvalue weighted by molar-refractivity contribution is 0.102. The van der Waals surface area contributed by atoms with Crippen LogP contribution in [0.3, 0.4) is 0 Å². The molecule has 0 aliphatic rings. The normalized spacial score (nSPS) is 10.4. The van der Waals surface area contributed by atoms with E-state index < -0.39 is 17.5 Å². The highest BCUT2D eigenvalue weighted by atomic mass is 32.1. The van der Waals surface area contributed by atoms with Gasteiger partial charge < -0.3 is 11.1 Å². The summed E-state index contributed by atoms with van der Waals surface area (Å²) in [7, 11) is 0. The van der Waals surface area contributed by atoms with Gasteiger partial charge in [0.25, 0.3) is 5.91 Å². The highest BCUT2D eigenvalue weighted by molar-refractivity contribution is 7.08. The molecule has 1 aromatic heterocycles. The van der Waals surface area contributed by atoms with Crippen LogP contribution < -0.4 is 11.1 Å². The summed E-state index contributed by atoms with van der Waals surface area (Å²) in [5, 5.41) is 5.72. The molecule has 3 N–H and O–H groups in total. The maximum Gasteiger partial charge on any atom is 0.256 e. The lowest BCUT2D eigenvalue weighted by Gasteiger charge is -2.09. The van der Waals surface area contributed by atoms with Crippen molar-refractivity contribution in [2.75, 3.05) is 11.1 Å². The second-order valence-electron chi connectivity index (χ2n) is 3.75. The van der Waals surface area contributed by atoms with E-state index in [4.69, 9.17) is 5.73 Å². The molecule has 0 aliphatic carbocycles. The zero-order valence-corrected chi connectivity index (χ0v) is 10.3. The number of carbonyl (C=O) groups excluding carboxylic acids is 1. The van der Waals surface area contributed by atoms with E-state index in [1.807, 2.05) is 0 Å². The molecule has 1 heterocycles. The number of nitrogens with one attached hydrogen (secondary N) is 1. The Balaban J connectivity index is 2.33. The number of carbonyl (C=O) groups is 1. The minimum atomic E-state index is -1.16. The van der Waals surface area contributed by atoms with Crippen LogP contribution in [0.25, 0.3) is 0 Å². The van der Waals surface area contributed by atoms with E-state index in [2.05, 4.69) is 5.32 Å². The van der Waals surface area contributed by atoms with Gasteiger partial charge in [-0.1, -0.05) is 0 Å². The molecule has 6 heteroatoms. The van der Waals surface area contributed by atoms with Gasteiger partial charge in [0.15, 0.2) is 11.6 Å². The number of hydrogen-bond donors (Lipinski definition) is 2. The fraction of sp³-hybridized carbons (Fsp3) is 0.0833. The SMILES string of the molecule is Cc1cscc1C(=O)Nc1c(N)ccc(F)c1F. The Kier molecular flexibility index (Phi) is 3.29. The smallest absolute Gasteiger partial charge is 0.256 e. The van der Waals surface area contributed by atoms with Crippen LogP contribution >= 0.6 is 11.3 Å². The molecule has 1 amide bonds. The summed E-state index contributed by atoms with van der Waals surface area (Å²) in [6.45, 7) is 1.76. The van der Waals surface area contributed by atoms with Gasteiger partial charge in [-0.25, -0.2) is 8.78 Å². The van der Waals surface area contributed by atoms with Crippen LogP contribution in [0.15, 0.2) is 22.9 Å². The van der Waals surface area contributed by atoms with Crippen LogP contribution in [0.5, 0.6) is 0 Å². The third kappa shape index (κ3) is 2.19. The van der Waals surface area contributed by atoms with Gasteiger partial charge in [0.1, 0.15) is 5.69 Å². The van der Waals surface area contributed by atoms with Gasteiger partial charge in [0.05, 0.1) is 11.3 Å². The van der Waals surface area contributed by atoms with Crippen molar-refractivity contribution < 1.29 is 13.6 Å². The van der Waals surface area contributed by atoms with E-state index in [1.54, 1.807) is 17.7 Å². The number of nitrogens with two attached hydrogens (primary N) is 1. The summed E-state index contributed by atoms with van der Waals surface area (Å²) in [5.74, 6) is -2.72. The molecule has 2 rings (SSSR count). The van der Waals surface area contributed by atoms with Crippen LogP contribution in [0.2, 0.25) is 0 Å². The number of amides is 1. The largest absolute Gasteiger partial charge is 0.397 e. The third-order valence-electron chi connectivity index (χ3n) is 2.47. The average Bonchev–Trinajstić information content (AvgIpc) is 2.76. The predicted octanol–water partition coefficient (Wildman–Crippen LogP) is 3.17.